The van der Waals surface area contributed by atoms with Crippen molar-refractivity contribution in [1.82, 2.24) is 10.2 Å². The van der Waals surface area contributed by atoms with Crippen molar-refractivity contribution in [2.45, 2.75) is 39.2 Å². The summed E-state index contributed by atoms with van der Waals surface area (Å²) in [4.78, 5) is 13.6. The number of nitro groups is 1. The third-order valence-electron chi connectivity index (χ3n) is 6.85. The van der Waals surface area contributed by atoms with E-state index in [2.05, 4.69) is 67.4 Å². The highest BCUT2D eigenvalue weighted by Gasteiger charge is 2.45. The number of non-ortho nitro benzene ring substituents is 1. The number of nitro benzene ring substituents is 1. The Morgan fingerprint density at radius 3 is 2.57 bits per heavy atom. The maximum absolute atomic E-state index is 11.5. The lowest BCUT2D eigenvalue weighted by Gasteiger charge is -2.46. The average Bonchev–Trinajstić information content (AvgIpc) is 3.30. The van der Waals surface area contributed by atoms with Crippen LogP contribution in [0.4, 0.5) is 5.69 Å². The van der Waals surface area contributed by atoms with Gasteiger partial charge in [0.25, 0.3) is 5.69 Å². The molecule has 0 saturated carbocycles. The predicted molar refractivity (Wildman–Crippen MR) is 120 cm³/mol. The Kier molecular flexibility index (Phi) is 5.48. The molecule has 5 nitrogen and oxygen atoms in total. The molecule has 1 unspecified atom stereocenters. The van der Waals surface area contributed by atoms with E-state index in [-0.39, 0.29) is 16.0 Å². The molecule has 5 heteroatoms. The largest absolute Gasteiger partial charge is 0.345 e. The van der Waals surface area contributed by atoms with Crippen LogP contribution < -0.4 is 5.32 Å². The van der Waals surface area contributed by atoms with Gasteiger partial charge in [-0.25, -0.2) is 0 Å². The molecule has 1 saturated heterocycles. The fourth-order valence-corrected chi connectivity index (χ4v) is 5.17. The monoisotopic (exact) mass is 403 g/mol. The van der Waals surface area contributed by atoms with Crippen LogP contribution >= 0.6 is 0 Å². The third kappa shape index (κ3) is 3.43. The van der Waals surface area contributed by atoms with Gasteiger partial charge in [-0.3, -0.25) is 10.1 Å². The summed E-state index contributed by atoms with van der Waals surface area (Å²) in [6, 6.07) is 17.7. The molecule has 0 spiro atoms. The van der Waals surface area contributed by atoms with Crippen LogP contribution in [0.3, 0.4) is 0 Å². The fourth-order valence-electron chi connectivity index (χ4n) is 5.17. The molecular weight excluding hydrogens is 374 g/mol. The molecule has 1 N–H and O–H groups in total. The van der Waals surface area contributed by atoms with E-state index in [0.29, 0.717) is 5.92 Å². The standard InChI is InChI=1S/C25H29N3O2/c1-18-15-25(23-12-13-26-16-23,22-10-7-11-24(14-22)28(29)30)19(2)20(3)27(18)17-21-8-5-4-6-9-21/h4-11,14-15,23,26H,12-13,16-17H2,1-3H3/t23?,25-/m0/s1. The molecule has 2 aliphatic rings. The third-order valence-corrected chi connectivity index (χ3v) is 6.85. The summed E-state index contributed by atoms with van der Waals surface area (Å²) >= 11 is 0. The molecule has 156 valence electrons. The van der Waals surface area contributed by atoms with Crippen molar-refractivity contribution in [3.05, 3.63) is 98.9 Å². The van der Waals surface area contributed by atoms with Gasteiger partial charge in [0, 0.05) is 35.5 Å². The molecule has 2 aromatic carbocycles. The maximum Gasteiger partial charge on any atom is 0.269 e. The predicted octanol–water partition coefficient (Wildman–Crippen LogP) is 5.16. The molecule has 4 rings (SSSR count). The summed E-state index contributed by atoms with van der Waals surface area (Å²) in [5.74, 6) is 0.364. The molecule has 0 bridgehead atoms. The molecule has 0 radical (unpaired) electrons. The fraction of sp³-hybridized carbons (Fsp3) is 0.360. The Bertz CT molecular complexity index is 1010. The van der Waals surface area contributed by atoms with Gasteiger partial charge in [-0.05, 0) is 62.9 Å². The summed E-state index contributed by atoms with van der Waals surface area (Å²) in [7, 11) is 0. The van der Waals surface area contributed by atoms with Gasteiger partial charge >= 0.3 is 0 Å². The van der Waals surface area contributed by atoms with Gasteiger partial charge in [-0.15, -0.1) is 0 Å². The van der Waals surface area contributed by atoms with Crippen LogP contribution in [0.25, 0.3) is 0 Å². The van der Waals surface area contributed by atoms with E-state index in [1.165, 1.54) is 22.5 Å². The normalized spacial score (nSPS) is 24.2. The van der Waals surface area contributed by atoms with Gasteiger partial charge in [0.05, 0.1) is 4.92 Å². The van der Waals surface area contributed by atoms with Gasteiger partial charge in [0.1, 0.15) is 0 Å². The Hall–Kier alpha value is -2.92. The number of nitrogens with zero attached hydrogens (tertiary/aromatic N) is 2. The van der Waals surface area contributed by atoms with Crippen LogP contribution in [0, 0.1) is 16.0 Å². The topological polar surface area (TPSA) is 58.4 Å². The molecular formula is C25H29N3O2. The zero-order valence-electron chi connectivity index (χ0n) is 17.9. The lowest BCUT2D eigenvalue weighted by Crippen LogP contribution is -2.42. The van der Waals surface area contributed by atoms with E-state index in [1.54, 1.807) is 12.1 Å². The van der Waals surface area contributed by atoms with E-state index in [9.17, 15) is 10.1 Å². The van der Waals surface area contributed by atoms with Crippen LogP contribution in [-0.2, 0) is 12.0 Å². The van der Waals surface area contributed by atoms with Crippen molar-refractivity contribution in [2.24, 2.45) is 5.92 Å². The summed E-state index contributed by atoms with van der Waals surface area (Å²) in [5.41, 5.74) is 5.80. The summed E-state index contributed by atoms with van der Waals surface area (Å²) in [6.07, 6.45) is 3.41. The SMILES string of the molecule is CC1=C[C@](c2cccc([N+](=O)[O-])c2)(C2CCNC2)C(C)=C(C)N1Cc1ccccc1. The minimum Gasteiger partial charge on any atom is -0.345 e. The Morgan fingerprint density at radius 1 is 1.13 bits per heavy atom. The lowest BCUT2D eigenvalue weighted by molar-refractivity contribution is -0.385. The highest BCUT2D eigenvalue weighted by molar-refractivity contribution is 5.51. The van der Waals surface area contributed by atoms with Crippen molar-refractivity contribution in [1.29, 1.82) is 0 Å². The molecule has 2 heterocycles. The van der Waals surface area contributed by atoms with Gasteiger partial charge < -0.3 is 10.2 Å². The van der Waals surface area contributed by atoms with E-state index in [0.717, 1.165) is 31.6 Å². The second-order valence-corrected chi connectivity index (χ2v) is 8.43. The first-order valence-electron chi connectivity index (χ1n) is 10.6. The number of rotatable bonds is 5. The summed E-state index contributed by atoms with van der Waals surface area (Å²) in [6.45, 7) is 9.26. The smallest absolute Gasteiger partial charge is 0.269 e. The second-order valence-electron chi connectivity index (χ2n) is 8.43. The van der Waals surface area contributed by atoms with Gasteiger partial charge in [-0.1, -0.05) is 48.5 Å². The highest BCUT2D eigenvalue weighted by atomic mass is 16.6. The van der Waals surface area contributed by atoms with Crippen molar-refractivity contribution >= 4 is 5.69 Å². The maximum atomic E-state index is 11.5. The number of hydrogen-bond donors (Lipinski definition) is 1. The van der Waals surface area contributed by atoms with Crippen LogP contribution in [0.5, 0.6) is 0 Å². The molecule has 2 aliphatic heterocycles. The second kappa shape index (κ2) is 8.07. The zero-order chi connectivity index (χ0) is 21.3. The number of benzene rings is 2. The van der Waals surface area contributed by atoms with Crippen molar-refractivity contribution < 1.29 is 4.92 Å². The molecule has 0 aliphatic carbocycles. The minimum absolute atomic E-state index is 0.154. The summed E-state index contributed by atoms with van der Waals surface area (Å²) < 4.78 is 0. The first-order chi connectivity index (χ1) is 14.4. The molecule has 0 aromatic heterocycles. The first-order valence-corrected chi connectivity index (χ1v) is 10.6. The molecule has 30 heavy (non-hydrogen) atoms. The van der Waals surface area contributed by atoms with Crippen LogP contribution in [0.2, 0.25) is 0 Å². The molecule has 1 fully saturated rings. The van der Waals surface area contributed by atoms with E-state index >= 15 is 0 Å². The van der Waals surface area contributed by atoms with E-state index in [1.807, 2.05) is 12.1 Å². The van der Waals surface area contributed by atoms with Crippen LogP contribution in [0.1, 0.15) is 38.3 Å². The lowest BCUT2D eigenvalue weighted by atomic mass is 9.63. The number of allylic oxidation sites excluding steroid dienone is 4. The van der Waals surface area contributed by atoms with Crippen LogP contribution in [-0.4, -0.2) is 22.9 Å². The molecule has 2 atom stereocenters. The van der Waals surface area contributed by atoms with Crippen molar-refractivity contribution in [2.75, 3.05) is 13.1 Å². The number of nitrogens with one attached hydrogen (secondary N) is 1. The average molecular weight is 404 g/mol. The quantitative estimate of drug-likeness (QED) is 0.554. The van der Waals surface area contributed by atoms with Gasteiger partial charge in [-0.2, -0.15) is 0 Å². The first kappa shape index (κ1) is 20.4. The van der Waals surface area contributed by atoms with Gasteiger partial charge in [0.15, 0.2) is 0 Å². The van der Waals surface area contributed by atoms with E-state index in [4.69, 9.17) is 0 Å². The minimum atomic E-state index is -0.336. The highest BCUT2D eigenvalue weighted by Crippen LogP contribution is 2.49. The Labute approximate surface area is 178 Å². The summed E-state index contributed by atoms with van der Waals surface area (Å²) in [5, 5.41) is 15.0. The number of hydrogen-bond acceptors (Lipinski definition) is 4. The van der Waals surface area contributed by atoms with Crippen LogP contribution in [0.15, 0.2) is 77.6 Å². The van der Waals surface area contributed by atoms with Crippen molar-refractivity contribution in [3.63, 3.8) is 0 Å². The Balaban J connectivity index is 1.83. The van der Waals surface area contributed by atoms with E-state index < -0.39 is 0 Å². The van der Waals surface area contributed by atoms with Crippen molar-refractivity contribution in [3.8, 4) is 0 Å². The molecule has 0 amide bonds. The Morgan fingerprint density at radius 2 is 1.90 bits per heavy atom. The zero-order valence-corrected chi connectivity index (χ0v) is 17.9. The van der Waals surface area contributed by atoms with Gasteiger partial charge in [0.2, 0.25) is 0 Å². The molecule has 2 aromatic rings.